The van der Waals surface area contributed by atoms with Crippen LogP contribution in [0.15, 0.2) is 35.7 Å². The standard InChI is InChI=1S/C17H13NO2S/c1-11-7-12-8-16-17(20-10-19-16)9-14(12)15(18-11)5-4-13-3-2-6-21-13/h2-9H,10H2,1H3. The van der Waals surface area contributed by atoms with E-state index in [1.165, 1.54) is 4.88 Å². The molecule has 2 aromatic heterocycles. The molecule has 0 bridgehead atoms. The summed E-state index contributed by atoms with van der Waals surface area (Å²) in [6, 6.07) is 10.2. The zero-order chi connectivity index (χ0) is 14.2. The van der Waals surface area contributed by atoms with Crippen LogP contribution in [0.2, 0.25) is 0 Å². The molecule has 0 spiro atoms. The molecule has 3 aromatic rings. The topological polar surface area (TPSA) is 31.4 Å². The minimum absolute atomic E-state index is 0.290. The molecule has 0 fully saturated rings. The number of pyridine rings is 1. The Labute approximate surface area is 126 Å². The van der Waals surface area contributed by atoms with E-state index in [1.807, 2.05) is 25.1 Å². The monoisotopic (exact) mass is 295 g/mol. The summed E-state index contributed by atoms with van der Waals surface area (Å²) in [5.41, 5.74) is 1.95. The van der Waals surface area contributed by atoms with Crippen molar-refractivity contribution in [2.24, 2.45) is 0 Å². The highest BCUT2D eigenvalue weighted by Gasteiger charge is 2.15. The second-order valence-corrected chi connectivity index (χ2v) is 5.90. The van der Waals surface area contributed by atoms with Gasteiger partial charge in [-0.1, -0.05) is 6.07 Å². The molecule has 1 aliphatic heterocycles. The van der Waals surface area contributed by atoms with Gasteiger partial charge in [0, 0.05) is 16.0 Å². The van der Waals surface area contributed by atoms with Crippen molar-refractivity contribution >= 4 is 34.3 Å². The molecule has 104 valence electrons. The van der Waals surface area contributed by atoms with Crippen LogP contribution in [-0.2, 0) is 0 Å². The predicted octanol–water partition coefficient (Wildman–Crippen LogP) is 4.50. The van der Waals surface area contributed by atoms with E-state index in [1.54, 1.807) is 11.3 Å². The van der Waals surface area contributed by atoms with Crippen LogP contribution in [0.25, 0.3) is 22.9 Å². The Kier molecular flexibility index (Phi) is 2.89. The number of aromatic nitrogens is 1. The summed E-state index contributed by atoms with van der Waals surface area (Å²) in [5, 5.41) is 4.27. The first-order chi connectivity index (χ1) is 10.3. The van der Waals surface area contributed by atoms with Crippen molar-refractivity contribution in [2.45, 2.75) is 6.92 Å². The van der Waals surface area contributed by atoms with Gasteiger partial charge in [-0.15, -0.1) is 11.3 Å². The zero-order valence-electron chi connectivity index (χ0n) is 11.5. The van der Waals surface area contributed by atoms with Gasteiger partial charge in [0.05, 0.1) is 5.69 Å². The van der Waals surface area contributed by atoms with E-state index in [-0.39, 0.29) is 0 Å². The number of hydrogen-bond donors (Lipinski definition) is 0. The molecule has 3 heterocycles. The van der Waals surface area contributed by atoms with E-state index in [9.17, 15) is 0 Å². The van der Waals surface area contributed by atoms with Crippen LogP contribution < -0.4 is 9.47 Å². The number of hydrogen-bond acceptors (Lipinski definition) is 4. The SMILES string of the molecule is Cc1cc2cc3c(cc2c(C=Cc2cccs2)n1)OCO3. The van der Waals surface area contributed by atoms with Crippen LogP contribution in [0.3, 0.4) is 0 Å². The first kappa shape index (κ1) is 12.4. The summed E-state index contributed by atoms with van der Waals surface area (Å²) in [6.07, 6.45) is 4.15. The third kappa shape index (κ3) is 2.28. The number of thiophene rings is 1. The smallest absolute Gasteiger partial charge is 0.231 e. The predicted molar refractivity (Wildman–Crippen MR) is 85.9 cm³/mol. The quantitative estimate of drug-likeness (QED) is 0.697. The lowest BCUT2D eigenvalue weighted by atomic mass is 10.1. The van der Waals surface area contributed by atoms with E-state index < -0.39 is 0 Å². The maximum atomic E-state index is 5.47. The highest BCUT2D eigenvalue weighted by Crippen LogP contribution is 2.37. The highest BCUT2D eigenvalue weighted by atomic mass is 32.1. The van der Waals surface area contributed by atoms with E-state index in [0.29, 0.717) is 6.79 Å². The van der Waals surface area contributed by atoms with Crippen molar-refractivity contribution in [2.75, 3.05) is 6.79 Å². The van der Waals surface area contributed by atoms with Crippen LogP contribution in [-0.4, -0.2) is 11.8 Å². The lowest BCUT2D eigenvalue weighted by Crippen LogP contribution is -1.92. The van der Waals surface area contributed by atoms with E-state index in [2.05, 4.69) is 34.6 Å². The molecule has 3 nitrogen and oxygen atoms in total. The van der Waals surface area contributed by atoms with Gasteiger partial charge in [0.15, 0.2) is 11.5 Å². The minimum Gasteiger partial charge on any atom is -0.454 e. The van der Waals surface area contributed by atoms with E-state index in [4.69, 9.17) is 9.47 Å². The van der Waals surface area contributed by atoms with Crippen molar-refractivity contribution in [1.82, 2.24) is 4.98 Å². The van der Waals surface area contributed by atoms with Crippen LogP contribution in [0.4, 0.5) is 0 Å². The van der Waals surface area contributed by atoms with Crippen LogP contribution >= 0.6 is 11.3 Å². The van der Waals surface area contributed by atoms with E-state index in [0.717, 1.165) is 33.7 Å². The van der Waals surface area contributed by atoms with Crippen LogP contribution in [0, 0.1) is 6.92 Å². The molecular weight excluding hydrogens is 282 g/mol. The van der Waals surface area contributed by atoms with Crippen LogP contribution in [0.5, 0.6) is 11.5 Å². The first-order valence-electron chi connectivity index (χ1n) is 6.72. The largest absolute Gasteiger partial charge is 0.454 e. The van der Waals surface area contributed by atoms with Gasteiger partial charge in [0.1, 0.15) is 0 Å². The number of nitrogens with zero attached hydrogens (tertiary/aromatic N) is 1. The number of fused-ring (bicyclic) bond motifs is 2. The fourth-order valence-electron chi connectivity index (χ4n) is 2.48. The van der Waals surface area contributed by atoms with Gasteiger partial charge in [-0.2, -0.15) is 0 Å². The summed E-state index contributed by atoms with van der Waals surface area (Å²) >= 11 is 1.71. The molecule has 0 radical (unpaired) electrons. The molecule has 1 aromatic carbocycles. The fourth-order valence-corrected chi connectivity index (χ4v) is 3.10. The Hall–Kier alpha value is -2.33. The van der Waals surface area contributed by atoms with Crippen molar-refractivity contribution in [1.29, 1.82) is 0 Å². The molecule has 0 atom stereocenters. The lowest BCUT2D eigenvalue weighted by Gasteiger charge is -2.06. The molecular formula is C17H13NO2S. The average molecular weight is 295 g/mol. The van der Waals surface area contributed by atoms with Gasteiger partial charge < -0.3 is 9.47 Å². The molecule has 1 aliphatic rings. The van der Waals surface area contributed by atoms with Gasteiger partial charge in [0.25, 0.3) is 0 Å². The number of rotatable bonds is 2. The van der Waals surface area contributed by atoms with Gasteiger partial charge in [-0.25, -0.2) is 0 Å². The molecule has 0 aliphatic carbocycles. The average Bonchev–Trinajstić information content (AvgIpc) is 3.13. The van der Waals surface area contributed by atoms with Gasteiger partial charge in [-0.05, 0) is 54.1 Å². The second kappa shape index (κ2) is 4.90. The number of benzene rings is 1. The van der Waals surface area contributed by atoms with Crippen LogP contribution in [0.1, 0.15) is 16.3 Å². The normalized spacial score (nSPS) is 13.4. The minimum atomic E-state index is 0.290. The Morgan fingerprint density at radius 1 is 1.14 bits per heavy atom. The summed E-state index contributed by atoms with van der Waals surface area (Å²) in [5.74, 6) is 1.60. The molecule has 0 unspecified atom stereocenters. The van der Waals surface area contributed by atoms with Gasteiger partial charge >= 0.3 is 0 Å². The Bertz CT molecular complexity index is 838. The molecule has 0 saturated carbocycles. The molecule has 4 rings (SSSR count). The molecule has 21 heavy (non-hydrogen) atoms. The fraction of sp³-hybridized carbons (Fsp3) is 0.118. The molecule has 4 heteroatoms. The van der Waals surface area contributed by atoms with Crippen molar-refractivity contribution in [3.8, 4) is 11.5 Å². The first-order valence-corrected chi connectivity index (χ1v) is 7.60. The van der Waals surface area contributed by atoms with E-state index >= 15 is 0 Å². The Morgan fingerprint density at radius 3 is 2.81 bits per heavy atom. The molecule has 0 saturated heterocycles. The number of ether oxygens (including phenoxy) is 2. The second-order valence-electron chi connectivity index (χ2n) is 4.92. The maximum absolute atomic E-state index is 5.47. The summed E-state index contributed by atoms with van der Waals surface area (Å²) in [6.45, 7) is 2.30. The Morgan fingerprint density at radius 2 is 2.00 bits per heavy atom. The maximum Gasteiger partial charge on any atom is 0.231 e. The summed E-state index contributed by atoms with van der Waals surface area (Å²) < 4.78 is 10.9. The molecule has 0 amide bonds. The lowest BCUT2D eigenvalue weighted by molar-refractivity contribution is 0.174. The third-order valence-electron chi connectivity index (χ3n) is 3.43. The third-order valence-corrected chi connectivity index (χ3v) is 4.27. The number of aryl methyl sites for hydroxylation is 1. The van der Waals surface area contributed by atoms with Crippen molar-refractivity contribution in [3.63, 3.8) is 0 Å². The van der Waals surface area contributed by atoms with Gasteiger partial charge in [0.2, 0.25) is 6.79 Å². The molecule has 0 N–H and O–H groups in total. The zero-order valence-corrected chi connectivity index (χ0v) is 12.3. The highest BCUT2D eigenvalue weighted by molar-refractivity contribution is 7.10. The Balaban J connectivity index is 1.87. The summed E-state index contributed by atoms with van der Waals surface area (Å²) in [4.78, 5) is 5.86. The van der Waals surface area contributed by atoms with Gasteiger partial charge in [-0.3, -0.25) is 4.98 Å². The van der Waals surface area contributed by atoms with Crippen molar-refractivity contribution < 1.29 is 9.47 Å². The summed E-state index contributed by atoms with van der Waals surface area (Å²) in [7, 11) is 0. The van der Waals surface area contributed by atoms with Crippen molar-refractivity contribution in [3.05, 3.63) is 52.0 Å².